The van der Waals surface area contributed by atoms with E-state index in [4.69, 9.17) is 4.74 Å². The maximum absolute atomic E-state index is 13.1. The lowest BCUT2D eigenvalue weighted by Gasteiger charge is -2.22. The van der Waals surface area contributed by atoms with Gasteiger partial charge in [-0.05, 0) is 58.0 Å². The van der Waals surface area contributed by atoms with Crippen molar-refractivity contribution in [3.05, 3.63) is 69.0 Å². The summed E-state index contributed by atoms with van der Waals surface area (Å²) in [7, 11) is 1.25. The molecule has 6 nitrogen and oxygen atoms in total. The molecule has 2 rings (SSSR count). The van der Waals surface area contributed by atoms with Gasteiger partial charge >= 0.3 is 5.97 Å². The Labute approximate surface area is 182 Å². The predicted octanol–water partition coefficient (Wildman–Crippen LogP) is 2.38. The van der Waals surface area contributed by atoms with Crippen molar-refractivity contribution in [2.24, 2.45) is 0 Å². The molecule has 29 heavy (non-hydrogen) atoms. The van der Waals surface area contributed by atoms with Gasteiger partial charge in [-0.1, -0.05) is 24.3 Å². The normalized spacial score (nSPS) is 12.6. The minimum atomic E-state index is -0.916. The van der Waals surface area contributed by atoms with Crippen molar-refractivity contribution in [2.75, 3.05) is 7.11 Å². The molecule has 154 valence electrons. The molecule has 2 aromatic rings. The third-order valence-electron chi connectivity index (χ3n) is 4.18. The van der Waals surface area contributed by atoms with Crippen LogP contribution in [-0.4, -0.2) is 37.0 Å². The zero-order valence-corrected chi connectivity index (χ0v) is 18.2. The fourth-order valence-corrected chi connectivity index (χ4v) is 3.43. The number of carbonyl (C=O) groups excluding carboxylic acids is 3. The molecule has 0 heterocycles. The first kappa shape index (κ1) is 22.8. The van der Waals surface area contributed by atoms with Gasteiger partial charge < -0.3 is 15.4 Å². The Hall–Kier alpha value is -2.49. The van der Waals surface area contributed by atoms with E-state index >= 15 is 0 Å². The second-order valence-electron chi connectivity index (χ2n) is 6.50. The van der Waals surface area contributed by atoms with E-state index in [9.17, 15) is 18.8 Å². The van der Waals surface area contributed by atoms with E-state index in [-0.39, 0.29) is 18.7 Å². The largest absolute Gasteiger partial charge is 0.467 e. The summed E-state index contributed by atoms with van der Waals surface area (Å²) >= 11 is 2.17. The molecule has 0 radical (unpaired) electrons. The van der Waals surface area contributed by atoms with Gasteiger partial charge in [0, 0.05) is 23.3 Å². The van der Waals surface area contributed by atoms with Crippen molar-refractivity contribution in [3.63, 3.8) is 0 Å². The van der Waals surface area contributed by atoms with Gasteiger partial charge in [-0.2, -0.15) is 0 Å². The fourth-order valence-electron chi connectivity index (χ4n) is 2.82. The van der Waals surface area contributed by atoms with Crippen LogP contribution in [-0.2, 0) is 32.0 Å². The van der Waals surface area contributed by atoms with Crippen LogP contribution >= 0.6 is 22.6 Å². The quantitative estimate of drug-likeness (QED) is 0.421. The Kier molecular flexibility index (Phi) is 8.56. The summed E-state index contributed by atoms with van der Waals surface area (Å²) in [6, 6.07) is 11.4. The van der Waals surface area contributed by atoms with Crippen molar-refractivity contribution in [2.45, 2.75) is 31.8 Å². The Bertz CT molecular complexity index is 873. The molecule has 2 aromatic carbocycles. The summed E-state index contributed by atoms with van der Waals surface area (Å²) in [6.45, 7) is 1.30. The molecule has 2 N–H and O–H groups in total. The first-order valence-electron chi connectivity index (χ1n) is 8.92. The number of halogens is 2. The van der Waals surface area contributed by atoms with Gasteiger partial charge in [-0.15, -0.1) is 0 Å². The highest BCUT2D eigenvalue weighted by atomic mass is 127. The van der Waals surface area contributed by atoms with Crippen molar-refractivity contribution in [1.82, 2.24) is 10.6 Å². The third-order valence-corrected chi connectivity index (χ3v) is 4.85. The average molecular weight is 512 g/mol. The molecule has 2 atom stereocenters. The second kappa shape index (κ2) is 10.9. The lowest BCUT2D eigenvalue weighted by atomic mass is 10.0. The number of ether oxygens (including phenoxy) is 1. The highest BCUT2D eigenvalue weighted by molar-refractivity contribution is 14.1. The van der Waals surface area contributed by atoms with E-state index < -0.39 is 29.8 Å². The summed E-state index contributed by atoms with van der Waals surface area (Å²) in [5, 5.41) is 5.25. The zero-order valence-electron chi connectivity index (χ0n) is 16.1. The van der Waals surface area contributed by atoms with Crippen LogP contribution in [0.5, 0.6) is 0 Å². The number of carbonyl (C=O) groups is 3. The molecular formula is C21H22FIN2O4. The topological polar surface area (TPSA) is 84.5 Å². The number of benzene rings is 2. The molecule has 0 spiro atoms. The van der Waals surface area contributed by atoms with Crippen LogP contribution in [0, 0.1) is 9.39 Å². The number of methoxy groups -OCH3 is 1. The summed E-state index contributed by atoms with van der Waals surface area (Å²) in [5.74, 6) is -1.89. The van der Waals surface area contributed by atoms with E-state index in [2.05, 4.69) is 33.2 Å². The molecule has 0 unspecified atom stereocenters. The summed E-state index contributed by atoms with van der Waals surface area (Å²) < 4.78 is 19.0. The van der Waals surface area contributed by atoms with Crippen LogP contribution in [0.25, 0.3) is 0 Å². The summed E-state index contributed by atoms with van der Waals surface area (Å²) in [6.07, 6.45) is 0.404. The molecule has 0 saturated carbocycles. The number of esters is 1. The third kappa shape index (κ3) is 7.45. The molecular weight excluding hydrogens is 490 g/mol. The summed E-state index contributed by atoms with van der Waals surface area (Å²) in [5.41, 5.74) is 1.54. The van der Waals surface area contributed by atoms with Gasteiger partial charge in [0.1, 0.15) is 17.9 Å². The van der Waals surface area contributed by atoms with E-state index in [1.54, 1.807) is 12.1 Å². The van der Waals surface area contributed by atoms with Crippen molar-refractivity contribution >= 4 is 40.4 Å². The predicted molar refractivity (Wildman–Crippen MR) is 115 cm³/mol. The highest BCUT2D eigenvalue weighted by Gasteiger charge is 2.27. The van der Waals surface area contributed by atoms with E-state index in [1.165, 1.54) is 26.2 Å². The molecule has 0 saturated heterocycles. The van der Waals surface area contributed by atoms with Crippen LogP contribution in [0.3, 0.4) is 0 Å². The molecule has 0 aliphatic rings. The maximum atomic E-state index is 13.1. The Morgan fingerprint density at radius 3 is 2.24 bits per heavy atom. The Balaban J connectivity index is 2.16. The molecule has 0 aromatic heterocycles. The van der Waals surface area contributed by atoms with Crippen LogP contribution in [0.4, 0.5) is 4.39 Å². The van der Waals surface area contributed by atoms with Gasteiger partial charge in [0.15, 0.2) is 0 Å². The molecule has 0 aliphatic heterocycles. The van der Waals surface area contributed by atoms with Gasteiger partial charge in [-0.3, -0.25) is 9.59 Å². The smallest absolute Gasteiger partial charge is 0.328 e. The van der Waals surface area contributed by atoms with Gasteiger partial charge in [0.25, 0.3) is 0 Å². The highest BCUT2D eigenvalue weighted by Crippen LogP contribution is 2.11. The molecule has 2 amide bonds. The lowest BCUT2D eigenvalue weighted by molar-refractivity contribution is -0.145. The Morgan fingerprint density at radius 2 is 1.66 bits per heavy atom. The number of hydrogen-bond donors (Lipinski definition) is 2. The number of rotatable bonds is 8. The van der Waals surface area contributed by atoms with Crippen LogP contribution < -0.4 is 10.6 Å². The van der Waals surface area contributed by atoms with Gasteiger partial charge in [0.2, 0.25) is 11.8 Å². The lowest BCUT2D eigenvalue weighted by Crippen LogP contribution is -2.53. The fraction of sp³-hybridized carbons (Fsp3) is 0.286. The minimum absolute atomic E-state index is 0.156. The van der Waals surface area contributed by atoms with Crippen molar-refractivity contribution in [1.29, 1.82) is 0 Å². The van der Waals surface area contributed by atoms with Gasteiger partial charge in [-0.25, -0.2) is 9.18 Å². The standard InChI is InChI=1S/C21H22FIN2O4/c1-13(26)24-18(11-14-6-8-16(22)9-7-14)20(27)25-19(21(28)29-2)12-15-4-3-5-17(23)10-15/h3-10,18-19H,11-12H2,1-2H3,(H,24,26)(H,25,27)/t18-,19-/m1/s1. The van der Waals surface area contributed by atoms with Crippen LogP contribution in [0.2, 0.25) is 0 Å². The van der Waals surface area contributed by atoms with Crippen LogP contribution in [0.15, 0.2) is 48.5 Å². The number of hydrogen-bond acceptors (Lipinski definition) is 4. The van der Waals surface area contributed by atoms with E-state index in [0.717, 1.165) is 9.13 Å². The molecule has 0 bridgehead atoms. The second-order valence-corrected chi connectivity index (χ2v) is 7.75. The van der Waals surface area contributed by atoms with E-state index in [0.29, 0.717) is 5.56 Å². The molecule has 0 fully saturated rings. The Morgan fingerprint density at radius 1 is 1.00 bits per heavy atom. The SMILES string of the molecule is COC(=O)[C@@H](Cc1cccc(I)c1)NC(=O)[C@@H](Cc1ccc(F)cc1)NC(C)=O. The maximum Gasteiger partial charge on any atom is 0.328 e. The van der Waals surface area contributed by atoms with Crippen molar-refractivity contribution < 1.29 is 23.5 Å². The number of nitrogens with one attached hydrogen (secondary N) is 2. The van der Waals surface area contributed by atoms with Crippen LogP contribution in [0.1, 0.15) is 18.1 Å². The number of amides is 2. The summed E-state index contributed by atoms with van der Waals surface area (Å²) in [4.78, 5) is 36.6. The molecule has 8 heteroatoms. The minimum Gasteiger partial charge on any atom is -0.467 e. The van der Waals surface area contributed by atoms with E-state index in [1.807, 2.05) is 24.3 Å². The first-order valence-corrected chi connectivity index (χ1v) is 10.0. The first-order chi connectivity index (χ1) is 13.8. The van der Waals surface area contributed by atoms with Gasteiger partial charge in [0.05, 0.1) is 7.11 Å². The average Bonchev–Trinajstić information content (AvgIpc) is 2.67. The zero-order chi connectivity index (χ0) is 21.4. The molecule has 0 aliphatic carbocycles. The van der Waals surface area contributed by atoms with Crippen molar-refractivity contribution in [3.8, 4) is 0 Å². The monoisotopic (exact) mass is 512 g/mol.